The monoisotopic (exact) mass is 1140 g/mol. The second kappa shape index (κ2) is 70.6. The van der Waals surface area contributed by atoms with Crippen LogP contribution < -0.4 is 5.32 Å². The summed E-state index contributed by atoms with van der Waals surface area (Å²) in [7, 11) is 0. The fourth-order valence-corrected chi connectivity index (χ4v) is 11.6. The molecular formula is C75H143NO5. The Morgan fingerprint density at radius 2 is 0.617 bits per heavy atom. The number of nitrogens with one attached hydrogen (secondary N) is 1. The van der Waals surface area contributed by atoms with Gasteiger partial charge < -0.3 is 20.3 Å². The molecule has 478 valence electrons. The lowest BCUT2D eigenvalue weighted by Gasteiger charge is -2.22. The maximum absolute atomic E-state index is 12.5. The predicted octanol–water partition coefficient (Wildman–Crippen LogP) is 23.9. The molecule has 6 nitrogen and oxygen atoms in total. The van der Waals surface area contributed by atoms with Crippen LogP contribution in [0.15, 0.2) is 36.5 Å². The Morgan fingerprint density at radius 1 is 0.346 bits per heavy atom. The second-order valence-electron chi connectivity index (χ2n) is 25.3. The highest BCUT2D eigenvalue weighted by atomic mass is 16.5. The first-order valence-electron chi connectivity index (χ1n) is 36.7. The maximum atomic E-state index is 12.5. The molecule has 3 N–H and O–H groups in total. The Balaban J connectivity index is 3.31. The van der Waals surface area contributed by atoms with Crippen LogP contribution in [0.4, 0.5) is 0 Å². The Bertz CT molecular complexity index is 1310. The van der Waals surface area contributed by atoms with E-state index in [0.717, 1.165) is 51.4 Å². The van der Waals surface area contributed by atoms with E-state index in [1.54, 1.807) is 0 Å². The van der Waals surface area contributed by atoms with Crippen LogP contribution >= 0.6 is 0 Å². The minimum absolute atomic E-state index is 0.0168. The average Bonchev–Trinajstić information content (AvgIpc) is 3.47. The SMILES string of the molecule is CCCCC/C=C\C/C=C\CCCCCCCCCCCC(=O)OCCCCCCCCCCCCCCCC/C=C\CCCCCCCCCCCCCCCCCCCC(=O)NC(CO)C(O)CCCCCCCCCCCC. The zero-order chi connectivity index (χ0) is 58.5. The number of esters is 1. The first-order valence-corrected chi connectivity index (χ1v) is 36.7. The van der Waals surface area contributed by atoms with E-state index in [-0.39, 0.29) is 18.5 Å². The molecule has 0 spiro atoms. The van der Waals surface area contributed by atoms with E-state index in [4.69, 9.17) is 4.74 Å². The van der Waals surface area contributed by atoms with Gasteiger partial charge in [0.05, 0.1) is 25.4 Å². The van der Waals surface area contributed by atoms with Crippen LogP contribution in [0.1, 0.15) is 406 Å². The molecule has 0 radical (unpaired) electrons. The van der Waals surface area contributed by atoms with Gasteiger partial charge in [-0.3, -0.25) is 9.59 Å². The highest BCUT2D eigenvalue weighted by Gasteiger charge is 2.20. The van der Waals surface area contributed by atoms with Crippen LogP contribution in [0, 0.1) is 0 Å². The third kappa shape index (κ3) is 67.1. The van der Waals surface area contributed by atoms with E-state index < -0.39 is 12.1 Å². The van der Waals surface area contributed by atoms with Crippen LogP contribution in [0.25, 0.3) is 0 Å². The summed E-state index contributed by atoms with van der Waals surface area (Å²) in [5.41, 5.74) is 0. The molecule has 0 bridgehead atoms. The summed E-state index contributed by atoms with van der Waals surface area (Å²) < 4.78 is 5.51. The summed E-state index contributed by atoms with van der Waals surface area (Å²) in [4.78, 5) is 24.6. The number of ether oxygens (including phenoxy) is 1. The van der Waals surface area contributed by atoms with E-state index in [1.165, 1.54) is 321 Å². The van der Waals surface area contributed by atoms with Crippen molar-refractivity contribution in [3.8, 4) is 0 Å². The number of unbranched alkanes of at least 4 members (excludes halogenated alkanes) is 52. The van der Waals surface area contributed by atoms with Gasteiger partial charge in [0.15, 0.2) is 0 Å². The Kier molecular flexibility index (Phi) is 68.9. The summed E-state index contributed by atoms with van der Waals surface area (Å²) in [5.74, 6) is -0.0145. The highest BCUT2D eigenvalue weighted by Crippen LogP contribution is 2.19. The zero-order valence-corrected chi connectivity index (χ0v) is 54.8. The molecule has 0 fully saturated rings. The Morgan fingerprint density at radius 3 is 0.975 bits per heavy atom. The van der Waals surface area contributed by atoms with Crippen molar-refractivity contribution in [1.82, 2.24) is 5.32 Å². The summed E-state index contributed by atoms with van der Waals surface area (Å²) in [6.45, 7) is 4.94. The number of allylic oxidation sites excluding steroid dienone is 6. The topological polar surface area (TPSA) is 95.9 Å². The normalized spacial score (nSPS) is 12.7. The summed E-state index contributed by atoms with van der Waals surface area (Å²) in [6.07, 6.45) is 90.8. The van der Waals surface area contributed by atoms with Crippen molar-refractivity contribution in [2.24, 2.45) is 0 Å². The lowest BCUT2D eigenvalue weighted by molar-refractivity contribution is -0.143. The largest absolute Gasteiger partial charge is 0.466 e. The number of aliphatic hydroxyl groups excluding tert-OH is 2. The van der Waals surface area contributed by atoms with Gasteiger partial charge in [-0.25, -0.2) is 0 Å². The van der Waals surface area contributed by atoms with Crippen molar-refractivity contribution in [3.05, 3.63) is 36.5 Å². The van der Waals surface area contributed by atoms with Crippen molar-refractivity contribution < 1.29 is 24.5 Å². The standard InChI is InChI=1S/C75H143NO5/c1-3-5-7-9-11-13-15-16-17-18-36-40-43-46-49-53-57-61-65-69-75(80)81-70-66-62-58-54-50-47-44-41-38-35-33-31-29-27-25-23-21-19-20-22-24-26-28-30-32-34-37-39-42-45-48-52-56-60-64-68-74(79)76-72(71-77)73(78)67-63-59-55-51-14-12-10-8-6-4-2/h11,13,16-17,21,23,72-73,77-78H,3-10,12,14-15,18-20,22,24-71H2,1-2H3,(H,76,79)/b13-11-,17-16-,23-21-. The van der Waals surface area contributed by atoms with E-state index in [0.29, 0.717) is 25.9 Å². The summed E-state index contributed by atoms with van der Waals surface area (Å²) in [6, 6.07) is -0.537. The van der Waals surface area contributed by atoms with Crippen LogP contribution in [0.3, 0.4) is 0 Å². The molecule has 0 aliphatic rings. The van der Waals surface area contributed by atoms with Crippen molar-refractivity contribution in [2.45, 2.75) is 418 Å². The molecule has 0 aliphatic carbocycles. The molecule has 1 amide bonds. The van der Waals surface area contributed by atoms with Crippen molar-refractivity contribution in [1.29, 1.82) is 0 Å². The van der Waals surface area contributed by atoms with Gasteiger partial charge in [-0.15, -0.1) is 0 Å². The smallest absolute Gasteiger partial charge is 0.305 e. The molecule has 0 aliphatic heterocycles. The minimum atomic E-state index is -0.660. The van der Waals surface area contributed by atoms with Crippen molar-refractivity contribution in [3.63, 3.8) is 0 Å². The third-order valence-corrected chi connectivity index (χ3v) is 17.2. The number of carbonyl (C=O) groups is 2. The second-order valence-corrected chi connectivity index (χ2v) is 25.3. The number of hydrogen-bond donors (Lipinski definition) is 3. The van der Waals surface area contributed by atoms with Gasteiger partial charge in [0.2, 0.25) is 5.91 Å². The Hall–Kier alpha value is -1.92. The molecule has 2 atom stereocenters. The number of rotatable bonds is 69. The molecule has 0 saturated heterocycles. The molecule has 0 aromatic rings. The fourth-order valence-electron chi connectivity index (χ4n) is 11.6. The van der Waals surface area contributed by atoms with Crippen LogP contribution in [-0.2, 0) is 14.3 Å². The lowest BCUT2D eigenvalue weighted by Crippen LogP contribution is -2.45. The molecule has 0 aromatic carbocycles. The zero-order valence-electron chi connectivity index (χ0n) is 54.8. The van der Waals surface area contributed by atoms with Gasteiger partial charge in [-0.05, 0) is 83.5 Å². The molecule has 0 rings (SSSR count). The lowest BCUT2D eigenvalue weighted by atomic mass is 10.0. The quantitative estimate of drug-likeness (QED) is 0.0320. The third-order valence-electron chi connectivity index (χ3n) is 17.2. The van der Waals surface area contributed by atoms with E-state index >= 15 is 0 Å². The number of hydrogen-bond acceptors (Lipinski definition) is 5. The summed E-state index contributed by atoms with van der Waals surface area (Å²) >= 11 is 0. The molecule has 0 aromatic heterocycles. The van der Waals surface area contributed by atoms with Crippen molar-refractivity contribution >= 4 is 11.9 Å². The molecule has 6 heteroatoms. The van der Waals surface area contributed by atoms with E-state index in [9.17, 15) is 19.8 Å². The highest BCUT2D eigenvalue weighted by molar-refractivity contribution is 5.76. The van der Waals surface area contributed by atoms with Crippen LogP contribution in [0.2, 0.25) is 0 Å². The van der Waals surface area contributed by atoms with Gasteiger partial charge in [-0.2, -0.15) is 0 Å². The van der Waals surface area contributed by atoms with Crippen LogP contribution in [0.5, 0.6) is 0 Å². The van der Waals surface area contributed by atoms with Gasteiger partial charge in [0.25, 0.3) is 0 Å². The molecule has 2 unspecified atom stereocenters. The first-order chi connectivity index (χ1) is 40.0. The predicted molar refractivity (Wildman–Crippen MR) is 356 cm³/mol. The average molecular weight is 1140 g/mol. The number of carbonyl (C=O) groups excluding carboxylic acids is 2. The Labute approximate surface area is 506 Å². The molecule has 81 heavy (non-hydrogen) atoms. The van der Waals surface area contributed by atoms with Crippen molar-refractivity contribution in [2.75, 3.05) is 13.2 Å². The first kappa shape index (κ1) is 79.1. The van der Waals surface area contributed by atoms with E-state index in [2.05, 4.69) is 55.6 Å². The molecule has 0 heterocycles. The van der Waals surface area contributed by atoms with Gasteiger partial charge in [0, 0.05) is 12.8 Å². The maximum Gasteiger partial charge on any atom is 0.305 e. The number of aliphatic hydroxyl groups is 2. The number of amides is 1. The van der Waals surface area contributed by atoms with Gasteiger partial charge in [-0.1, -0.05) is 346 Å². The fraction of sp³-hybridized carbons (Fsp3) is 0.893. The summed E-state index contributed by atoms with van der Waals surface area (Å²) in [5, 5.41) is 23.2. The van der Waals surface area contributed by atoms with Crippen LogP contribution in [-0.4, -0.2) is 47.4 Å². The molecular weight excluding hydrogens is 995 g/mol. The minimum Gasteiger partial charge on any atom is -0.466 e. The molecule has 0 saturated carbocycles. The van der Waals surface area contributed by atoms with E-state index in [1.807, 2.05) is 0 Å². The van der Waals surface area contributed by atoms with Gasteiger partial charge in [0.1, 0.15) is 0 Å². The van der Waals surface area contributed by atoms with Gasteiger partial charge >= 0.3 is 5.97 Å².